The third kappa shape index (κ3) is 2.52. The van der Waals surface area contributed by atoms with E-state index in [1.54, 1.807) is 0 Å². The molecule has 84 valence electrons. The van der Waals surface area contributed by atoms with E-state index in [0.717, 1.165) is 23.7 Å². The summed E-state index contributed by atoms with van der Waals surface area (Å²) < 4.78 is 0. The SMILES string of the molecule is CCC(C)(C)C(C)C(C)C(C)C1CC1. The Hall–Kier alpha value is 0. The zero-order chi connectivity index (χ0) is 10.9. The van der Waals surface area contributed by atoms with Crippen molar-refractivity contribution in [2.45, 2.75) is 60.8 Å². The second kappa shape index (κ2) is 4.24. The third-order valence-corrected chi connectivity index (χ3v) is 5.13. The van der Waals surface area contributed by atoms with Crippen LogP contribution in [-0.2, 0) is 0 Å². The molecule has 0 radical (unpaired) electrons. The van der Waals surface area contributed by atoms with Crippen molar-refractivity contribution in [1.29, 1.82) is 0 Å². The van der Waals surface area contributed by atoms with Crippen LogP contribution < -0.4 is 0 Å². The molecule has 0 amide bonds. The first-order chi connectivity index (χ1) is 6.40. The molecule has 0 aliphatic heterocycles. The van der Waals surface area contributed by atoms with Gasteiger partial charge in [-0.05, 0) is 41.9 Å². The molecule has 1 aliphatic rings. The number of rotatable bonds is 5. The summed E-state index contributed by atoms with van der Waals surface area (Å²) in [4.78, 5) is 0. The van der Waals surface area contributed by atoms with Gasteiger partial charge in [0.15, 0.2) is 0 Å². The summed E-state index contributed by atoms with van der Waals surface area (Å²) in [5.41, 5.74) is 0.516. The lowest BCUT2D eigenvalue weighted by atomic mass is 9.68. The van der Waals surface area contributed by atoms with Gasteiger partial charge in [0.25, 0.3) is 0 Å². The van der Waals surface area contributed by atoms with Gasteiger partial charge in [0.1, 0.15) is 0 Å². The minimum absolute atomic E-state index is 0.516. The predicted octanol–water partition coefficient (Wildman–Crippen LogP) is 4.74. The third-order valence-electron chi connectivity index (χ3n) is 5.13. The van der Waals surface area contributed by atoms with E-state index in [2.05, 4.69) is 41.5 Å². The lowest BCUT2D eigenvalue weighted by Gasteiger charge is -2.38. The van der Waals surface area contributed by atoms with Crippen molar-refractivity contribution in [2.24, 2.45) is 29.1 Å². The minimum atomic E-state index is 0.516. The Morgan fingerprint density at radius 2 is 1.64 bits per heavy atom. The Balaban J connectivity index is 2.53. The number of hydrogen-bond acceptors (Lipinski definition) is 0. The van der Waals surface area contributed by atoms with Gasteiger partial charge in [-0.2, -0.15) is 0 Å². The Morgan fingerprint density at radius 3 is 2.00 bits per heavy atom. The van der Waals surface area contributed by atoms with E-state index < -0.39 is 0 Å². The highest BCUT2D eigenvalue weighted by Crippen LogP contribution is 2.46. The Morgan fingerprint density at radius 1 is 1.14 bits per heavy atom. The van der Waals surface area contributed by atoms with Gasteiger partial charge in [-0.15, -0.1) is 0 Å². The first kappa shape index (κ1) is 12.1. The fourth-order valence-electron chi connectivity index (χ4n) is 2.54. The summed E-state index contributed by atoms with van der Waals surface area (Å²) >= 11 is 0. The van der Waals surface area contributed by atoms with Crippen LogP contribution in [0.4, 0.5) is 0 Å². The molecule has 0 saturated heterocycles. The van der Waals surface area contributed by atoms with Gasteiger partial charge < -0.3 is 0 Å². The van der Waals surface area contributed by atoms with Crippen LogP contribution in [0.2, 0.25) is 0 Å². The van der Waals surface area contributed by atoms with E-state index in [-0.39, 0.29) is 0 Å². The van der Waals surface area contributed by atoms with E-state index in [9.17, 15) is 0 Å². The summed E-state index contributed by atoms with van der Waals surface area (Å²) in [5, 5.41) is 0. The molecular weight excluding hydrogens is 168 g/mol. The maximum Gasteiger partial charge on any atom is -0.0329 e. The molecule has 1 rings (SSSR count). The minimum Gasteiger partial charge on any atom is -0.0649 e. The van der Waals surface area contributed by atoms with Gasteiger partial charge in [-0.3, -0.25) is 0 Å². The molecule has 1 aliphatic carbocycles. The van der Waals surface area contributed by atoms with Gasteiger partial charge in [-0.25, -0.2) is 0 Å². The lowest BCUT2D eigenvalue weighted by molar-refractivity contribution is 0.115. The molecule has 0 nitrogen and oxygen atoms in total. The van der Waals surface area contributed by atoms with Crippen LogP contribution in [-0.4, -0.2) is 0 Å². The van der Waals surface area contributed by atoms with Crippen LogP contribution >= 0.6 is 0 Å². The second-order valence-corrected chi connectivity index (χ2v) is 6.19. The summed E-state index contributed by atoms with van der Waals surface area (Å²) in [6.07, 6.45) is 4.28. The van der Waals surface area contributed by atoms with E-state index in [0.29, 0.717) is 5.41 Å². The van der Waals surface area contributed by atoms with E-state index in [1.807, 2.05) is 0 Å². The molecule has 1 saturated carbocycles. The second-order valence-electron chi connectivity index (χ2n) is 6.19. The van der Waals surface area contributed by atoms with Crippen LogP contribution in [0.1, 0.15) is 60.8 Å². The molecule has 0 bridgehead atoms. The van der Waals surface area contributed by atoms with Crippen molar-refractivity contribution in [3.63, 3.8) is 0 Å². The lowest BCUT2D eigenvalue weighted by Crippen LogP contribution is -2.30. The van der Waals surface area contributed by atoms with Crippen LogP contribution in [0, 0.1) is 29.1 Å². The Kier molecular flexibility index (Phi) is 3.66. The summed E-state index contributed by atoms with van der Waals surface area (Å²) in [7, 11) is 0. The highest BCUT2D eigenvalue weighted by molar-refractivity contribution is 4.87. The largest absolute Gasteiger partial charge is 0.0649 e. The van der Waals surface area contributed by atoms with E-state index in [1.165, 1.54) is 19.3 Å². The molecule has 0 heteroatoms. The molecule has 0 aromatic heterocycles. The predicted molar refractivity (Wildman–Crippen MR) is 64.3 cm³/mol. The van der Waals surface area contributed by atoms with Gasteiger partial charge in [-0.1, -0.05) is 48.0 Å². The zero-order valence-corrected chi connectivity index (χ0v) is 10.9. The van der Waals surface area contributed by atoms with Gasteiger partial charge in [0.2, 0.25) is 0 Å². The van der Waals surface area contributed by atoms with Crippen LogP contribution in [0.3, 0.4) is 0 Å². The first-order valence-corrected chi connectivity index (χ1v) is 6.40. The molecule has 1 fully saturated rings. The molecule has 0 aromatic carbocycles. The standard InChI is InChI=1S/C14H28/c1-7-14(5,6)12(4)10(2)11(3)13-8-9-13/h10-13H,7-9H2,1-6H3. The molecular formula is C14H28. The maximum atomic E-state index is 2.46. The average molecular weight is 196 g/mol. The maximum absolute atomic E-state index is 2.46. The van der Waals surface area contributed by atoms with Gasteiger partial charge in [0.05, 0.1) is 0 Å². The topological polar surface area (TPSA) is 0 Å². The van der Waals surface area contributed by atoms with E-state index >= 15 is 0 Å². The molecule has 0 heterocycles. The smallest absolute Gasteiger partial charge is 0.0329 e. The first-order valence-electron chi connectivity index (χ1n) is 6.40. The van der Waals surface area contributed by atoms with Crippen molar-refractivity contribution in [1.82, 2.24) is 0 Å². The highest BCUT2D eigenvalue weighted by Gasteiger charge is 2.37. The molecule has 0 N–H and O–H groups in total. The fourth-order valence-corrected chi connectivity index (χ4v) is 2.54. The molecule has 14 heavy (non-hydrogen) atoms. The van der Waals surface area contributed by atoms with Crippen molar-refractivity contribution in [3.8, 4) is 0 Å². The Labute approximate surface area is 90.5 Å². The fraction of sp³-hybridized carbons (Fsp3) is 1.00. The summed E-state index contributed by atoms with van der Waals surface area (Å²) in [6, 6.07) is 0. The molecule has 0 spiro atoms. The van der Waals surface area contributed by atoms with Crippen molar-refractivity contribution >= 4 is 0 Å². The van der Waals surface area contributed by atoms with Crippen LogP contribution in [0.5, 0.6) is 0 Å². The average Bonchev–Trinajstić information content (AvgIpc) is 2.97. The summed E-state index contributed by atoms with van der Waals surface area (Å²) in [6.45, 7) is 14.6. The van der Waals surface area contributed by atoms with Crippen LogP contribution in [0.25, 0.3) is 0 Å². The quantitative estimate of drug-likeness (QED) is 0.595. The normalized spacial score (nSPS) is 24.4. The van der Waals surface area contributed by atoms with Crippen LogP contribution in [0.15, 0.2) is 0 Å². The van der Waals surface area contributed by atoms with Crippen molar-refractivity contribution in [3.05, 3.63) is 0 Å². The van der Waals surface area contributed by atoms with Gasteiger partial charge >= 0.3 is 0 Å². The monoisotopic (exact) mass is 196 g/mol. The molecule has 0 aromatic rings. The Bertz CT molecular complexity index is 176. The van der Waals surface area contributed by atoms with Crippen molar-refractivity contribution < 1.29 is 0 Å². The van der Waals surface area contributed by atoms with Gasteiger partial charge in [0, 0.05) is 0 Å². The zero-order valence-electron chi connectivity index (χ0n) is 10.9. The van der Waals surface area contributed by atoms with E-state index in [4.69, 9.17) is 0 Å². The molecule has 3 atom stereocenters. The molecule has 3 unspecified atom stereocenters. The summed E-state index contributed by atoms with van der Waals surface area (Å²) in [5.74, 6) is 3.73. The number of hydrogen-bond donors (Lipinski definition) is 0. The highest BCUT2D eigenvalue weighted by atomic mass is 14.4. The van der Waals surface area contributed by atoms with Crippen molar-refractivity contribution in [2.75, 3.05) is 0 Å².